The first-order valence-electron chi connectivity index (χ1n) is 8.05. The van der Waals surface area contributed by atoms with Gasteiger partial charge in [0.1, 0.15) is 5.82 Å². The molecule has 0 unspecified atom stereocenters. The number of Topliss-reactive ketones (excluding diaryl/α,β-unsaturated/α-hetero) is 1. The molecule has 6 heteroatoms. The summed E-state index contributed by atoms with van der Waals surface area (Å²) in [7, 11) is 0. The Balaban J connectivity index is 1.82. The lowest BCUT2D eigenvalue weighted by molar-refractivity contribution is 0.0994. The third-order valence-corrected chi connectivity index (χ3v) is 4.93. The maximum atomic E-state index is 13.0. The molecule has 1 heterocycles. The zero-order valence-electron chi connectivity index (χ0n) is 14.0. The van der Waals surface area contributed by atoms with Crippen molar-refractivity contribution in [3.63, 3.8) is 0 Å². The second-order valence-corrected chi connectivity index (χ2v) is 6.86. The Morgan fingerprint density at radius 2 is 1.80 bits per heavy atom. The number of nitrogens with zero attached hydrogens (tertiary/aromatic N) is 3. The molecule has 1 atom stereocenters. The topological polar surface area (TPSA) is 47.8 Å². The summed E-state index contributed by atoms with van der Waals surface area (Å²) >= 11 is 1.36. The van der Waals surface area contributed by atoms with Crippen LogP contribution in [0.2, 0.25) is 0 Å². The molecule has 25 heavy (non-hydrogen) atoms. The number of hydrogen-bond acceptors (Lipinski definition) is 4. The highest BCUT2D eigenvalue weighted by atomic mass is 32.2. The minimum Gasteiger partial charge on any atom is -0.302 e. The molecule has 0 aliphatic heterocycles. The molecular weight excluding hydrogens is 337 g/mol. The average molecular weight is 355 g/mol. The van der Waals surface area contributed by atoms with Gasteiger partial charge in [0.25, 0.3) is 0 Å². The number of thioether (sulfide) groups is 1. The molecule has 0 amide bonds. The van der Waals surface area contributed by atoms with Crippen LogP contribution >= 0.6 is 11.8 Å². The number of ketones is 1. The van der Waals surface area contributed by atoms with Crippen LogP contribution in [0.15, 0.2) is 59.8 Å². The van der Waals surface area contributed by atoms with Crippen LogP contribution in [0.1, 0.15) is 24.2 Å². The van der Waals surface area contributed by atoms with Gasteiger partial charge in [0.2, 0.25) is 0 Å². The van der Waals surface area contributed by atoms with Gasteiger partial charge in [-0.25, -0.2) is 4.39 Å². The lowest BCUT2D eigenvalue weighted by Gasteiger charge is -2.11. The summed E-state index contributed by atoms with van der Waals surface area (Å²) in [6, 6.07) is 15.4. The lowest BCUT2D eigenvalue weighted by atomic mass is 10.1. The monoisotopic (exact) mass is 355 g/mol. The van der Waals surface area contributed by atoms with Gasteiger partial charge in [-0.15, -0.1) is 10.2 Å². The van der Waals surface area contributed by atoms with Crippen molar-refractivity contribution in [2.75, 3.05) is 0 Å². The smallest absolute Gasteiger partial charge is 0.192 e. The second-order valence-electron chi connectivity index (χ2n) is 5.55. The standard InChI is InChI=1S/C19H18FN3OS/c1-3-23-18(15-7-5-4-6-8-15)21-22-19(23)25-13(2)17(24)14-9-11-16(20)12-10-14/h4-13H,3H2,1-2H3/t13-/m1/s1. The molecule has 0 saturated carbocycles. The number of carbonyl (C=O) groups is 1. The molecule has 0 spiro atoms. The van der Waals surface area contributed by atoms with E-state index in [9.17, 15) is 9.18 Å². The van der Waals surface area contributed by atoms with Crippen molar-refractivity contribution in [3.05, 3.63) is 66.0 Å². The van der Waals surface area contributed by atoms with Gasteiger partial charge in [0.05, 0.1) is 5.25 Å². The molecule has 3 aromatic rings. The van der Waals surface area contributed by atoms with Crippen molar-refractivity contribution in [1.29, 1.82) is 0 Å². The number of benzene rings is 2. The van der Waals surface area contributed by atoms with E-state index < -0.39 is 0 Å². The van der Waals surface area contributed by atoms with Gasteiger partial charge in [0.15, 0.2) is 16.8 Å². The number of aromatic nitrogens is 3. The van der Waals surface area contributed by atoms with Gasteiger partial charge in [-0.05, 0) is 38.1 Å². The molecular formula is C19H18FN3OS. The molecule has 4 nitrogen and oxygen atoms in total. The van der Waals surface area contributed by atoms with E-state index in [2.05, 4.69) is 10.2 Å². The summed E-state index contributed by atoms with van der Waals surface area (Å²) in [6.45, 7) is 4.55. The Hall–Kier alpha value is -2.47. The first kappa shape index (κ1) is 17.4. The summed E-state index contributed by atoms with van der Waals surface area (Å²) in [5, 5.41) is 8.90. The highest BCUT2D eigenvalue weighted by Crippen LogP contribution is 2.28. The third-order valence-electron chi connectivity index (χ3n) is 3.85. The largest absolute Gasteiger partial charge is 0.302 e. The van der Waals surface area contributed by atoms with E-state index in [1.54, 1.807) is 0 Å². The molecule has 0 aliphatic carbocycles. The van der Waals surface area contributed by atoms with E-state index in [0.29, 0.717) is 17.3 Å². The first-order chi connectivity index (χ1) is 12.1. The van der Waals surface area contributed by atoms with Crippen molar-refractivity contribution >= 4 is 17.5 Å². The highest BCUT2D eigenvalue weighted by molar-refractivity contribution is 8.00. The van der Waals surface area contributed by atoms with E-state index in [4.69, 9.17) is 0 Å². The Bertz CT molecular complexity index is 862. The number of carbonyl (C=O) groups excluding carboxylic acids is 1. The minimum absolute atomic E-state index is 0.0584. The predicted octanol–water partition coefficient (Wildman–Crippen LogP) is 4.47. The summed E-state index contributed by atoms with van der Waals surface area (Å²) in [5.74, 6) is 0.374. The number of hydrogen-bond donors (Lipinski definition) is 0. The zero-order valence-corrected chi connectivity index (χ0v) is 14.8. The van der Waals surface area contributed by atoms with Crippen molar-refractivity contribution in [1.82, 2.24) is 14.8 Å². The molecule has 0 aliphatic rings. The van der Waals surface area contributed by atoms with E-state index >= 15 is 0 Å². The quantitative estimate of drug-likeness (QED) is 0.484. The van der Waals surface area contributed by atoms with Crippen LogP contribution in [0, 0.1) is 5.82 Å². The molecule has 0 N–H and O–H groups in total. The molecule has 3 rings (SSSR count). The van der Waals surface area contributed by atoms with Gasteiger partial charge in [-0.1, -0.05) is 42.1 Å². The Labute approximate surface area is 150 Å². The SMILES string of the molecule is CCn1c(S[C@H](C)C(=O)c2ccc(F)cc2)nnc1-c1ccccc1. The van der Waals surface area contributed by atoms with Crippen LogP contribution in [-0.4, -0.2) is 25.8 Å². The molecule has 128 valence electrons. The predicted molar refractivity (Wildman–Crippen MR) is 97.2 cm³/mol. The van der Waals surface area contributed by atoms with Crippen LogP contribution in [-0.2, 0) is 6.54 Å². The fraction of sp³-hybridized carbons (Fsp3) is 0.211. The van der Waals surface area contributed by atoms with E-state index in [0.717, 1.165) is 11.4 Å². The van der Waals surface area contributed by atoms with Crippen LogP contribution in [0.25, 0.3) is 11.4 Å². The molecule has 0 fully saturated rings. The van der Waals surface area contributed by atoms with Crippen molar-refractivity contribution < 1.29 is 9.18 Å². The molecule has 1 aromatic heterocycles. The average Bonchev–Trinajstić information content (AvgIpc) is 3.05. The highest BCUT2D eigenvalue weighted by Gasteiger charge is 2.21. The van der Waals surface area contributed by atoms with Gasteiger partial charge >= 0.3 is 0 Å². The van der Waals surface area contributed by atoms with Crippen molar-refractivity contribution in [3.8, 4) is 11.4 Å². The Kier molecular flexibility index (Phi) is 5.28. The summed E-state index contributed by atoms with van der Waals surface area (Å²) in [5.41, 5.74) is 1.48. The van der Waals surface area contributed by atoms with Crippen molar-refractivity contribution in [2.45, 2.75) is 30.8 Å². The van der Waals surface area contributed by atoms with E-state index in [1.807, 2.05) is 48.7 Å². The Morgan fingerprint density at radius 3 is 2.44 bits per heavy atom. The summed E-state index contributed by atoms with van der Waals surface area (Å²) in [4.78, 5) is 12.5. The number of halogens is 1. The zero-order chi connectivity index (χ0) is 17.8. The maximum Gasteiger partial charge on any atom is 0.192 e. The molecule has 0 bridgehead atoms. The Morgan fingerprint density at radius 1 is 1.12 bits per heavy atom. The van der Waals surface area contributed by atoms with Crippen LogP contribution in [0.4, 0.5) is 4.39 Å². The van der Waals surface area contributed by atoms with Crippen LogP contribution in [0.5, 0.6) is 0 Å². The molecule has 2 aromatic carbocycles. The van der Waals surface area contributed by atoms with Crippen LogP contribution < -0.4 is 0 Å². The van der Waals surface area contributed by atoms with Gasteiger partial charge in [-0.3, -0.25) is 4.79 Å². The van der Waals surface area contributed by atoms with Gasteiger partial charge < -0.3 is 4.57 Å². The van der Waals surface area contributed by atoms with Gasteiger partial charge in [0, 0.05) is 17.7 Å². The van der Waals surface area contributed by atoms with E-state index in [1.165, 1.54) is 36.0 Å². The molecule has 0 radical (unpaired) electrons. The third kappa shape index (κ3) is 3.79. The van der Waals surface area contributed by atoms with Crippen molar-refractivity contribution in [2.24, 2.45) is 0 Å². The lowest BCUT2D eigenvalue weighted by Crippen LogP contribution is -2.14. The van der Waals surface area contributed by atoms with Gasteiger partial charge in [-0.2, -0.15) is 0 Å². The summed E-state index contributed by atoms with van der Waals surface area (Å²) < 4.78 is 15.0. The maximum absolute atomic E-state index is 13.0. The first-order valence-corrected chi connectivity index (χ1v) is 8.93. The summed E-state index contributed by atoms with van der Waals surface area (Å²) in [6.07, 6.45) is 0. The molecule has 0 saturated heterocycles. The van der Waals surface area contributed by atoms with E-state index in [-0.39, 0.29) is 16.9 Å². The fourth-order valence-electron chi connectivity index (χ4n) is 2.52. The number of rotatable bonds is 6. The van der Waals surface area contributed by atoms with Crippen LogP contribution in [0.3, 0.4) is 0 Å². The fourth-order valence-corrected chi connectivity index (χ4v) is 3.51. The normalized spacial score (nSPS) is 12.1. The minimum atomic E-state index is -0.352. The second kappa shape index (κ2) is 7.61.